The summed E-state index contributed by atoms with van der Waals surface area (Å²) in [7, 11) is 0. The first-order chi connectivity index (χ1) is 6.09. The Labute approximate surface area is 92.6 Å². The lowest BCUT2D eigenvalue weighted by Crippen LogP contribution is -1.93. The molecule has 1 N–H and O–H groups in total. The molecule has 1 rings (SSSR count). The molecular formula is C11H13IO. The summed E-state index contributed by atoms with van der Waals surface area (Å²) in [5.74, 6) is 0. The van der Waals surface area contributed by atoms with Gasteiger partial charge in [0.25, 0.3) is 0 Å². The molecule has 0 radical (unpaired) electrons. The second kappa shape index (κ2) is 4.77. The van der Waals surface area contributed by atoms with E-state index in [9.17, 15) is 5.11 Å². The lowest BCUT2D eigenvalue weighted by molar-refractivity contribution is 0.227. The molecule has 0 aromatic heterocycles. The Balaban J connectivity index is 2.83. The maximum Gasteiger partial charge on any atom is 0.0974 e. The van der Waals surface area contributed by atoms with E-state index in [0.717, 1.165) is 11.1 Å². The zero-order valence-electron chi connectivity index (χ0n) is 7.79. The summed E-state index contributed by atoms with van der Waals surface area (Å²) in [6.45, 7) is 3.96. The second-order valence-corrected chi connectivity index (χ2v) is 4.49. The van der Waals surface area contributed by atoms with E-state index in [0.29, 0.717) is 0 Å². The van der Waals surface area contributed by atoms with Crippen LogP contribution in [0.1, 0.15) is 25.5 Å². The fraction of sp³-hybridized carbons (Fsp3) is 0.273. The van der Waals surface area contributed by atoms with Crippen LogP contribution in [-0.4, -0.2) is 5.11 Å². The van der Waals surface area contributed by atoms with Crippen molar-refractivity contribution in [1.29, 1.82) is 0 Å². The van der Waals surface area contributed by atoms with Crippen LogP contribution in [0, 0.1) is 3.57 Å². The van der Waals surface area contributed by atoms with Gasteiger partial charge in [-0.2, -0.15) is 0 Å². The van der Waals surface area contributed by atoms with Crippen LogP contribution >= 0.6 is 22.6 Å². The maximum atomic E-state index is 9.70. The first-order valence-corrected chi connectivity index (χ1v) is 5.26. The smallest absolute Gasteiger partial charge is 0.0974 e. The van der Waals surface area contributed by atoms with Gasteiger partial charge in [0.1, 0.15) is 0 Å². The van der Waals surface area contributed by atoms with Crippen LogP contribution in [0.3, 0.4) is 0 Å². The minimum atomic E-state index is -0.470. The minimum absolute atomic E-state index is 0.470. The van der Waals surface area contributed by atoms with Crippen LogP contribution in [0.2, 0.25) is 0 Å². The van der Waals surface area contributed by atoms with E-state index in [1.54, 1.807) is 0 Å². The molecule has 0 heterocycles. The molecule has 0 fully saturated rings. The normalized spacial score (nSPS) is 12.3. The van der Waals surface area contributed by atoms with E-state index in [4.69, 9.17) is 0 Å². The molecule has 0 spiro atoms. The average Bonchev–Trinajstić information content (AvgIpc) is 2.04. The minimum Gasteiger partial charge on any atom is -0.384 e. The highest BCUT2D eigenvalue weighted by Gasteiger charge is 2.02. The number of aliphatic hydroxyl groups excluding tert-OH is 1. The predicted molar refractivity (Wildman–Crippen MR) is 63.5 cm³/mol. The van der Waals surface area contributed by atoms with Gasteiger partial charge >= 0.3 is 0 Å². The molecule has 0 saturated heterocycles. The summed E-state index contributed by atoms with van der Waals surface area (Å²) in [4.78, 5) is 0. The standard InChI is InChI=1S/C11H13IO/c1-8(2)7-11(13)9-3-5-10(12)6-4-9/h3-7,11,13H,1-2H3. The second-order valence-electron chi connectivity index (χ2n) is 3.24. The van der Waals surface area contributed by atoms with Crippen LogP contribution in [-0.2, 0) is 0 Å². The van der Waals surface area contributed by atoms with Crippen molar-refractivity contribution in [1.82, 2.24) is 0 Å². The Morgan fingerprint density at radius 2 is 1.85 bits per heavy atom. The third-order valence-corrected chi connectivity index (χ3v) is 2.42. The fourth-order valence-corrected chi connectivity index (χ4v) is 1.43. The van der Waals surface area contributed by atoms with Gasteiger partial charge in [-0.3, -0.25) is 0 Å². The van der Waals surface area contributed by atoms with Crippen LogP contribution in [0.4, 0.5) is 0 Å². The number of rotatable bonds is 2. The highest BCUT2D eigenvalue weighted by atomic mass is 127. The summed E-state index contributed by atoms with van der Waals surface area (Å²) in [6, 6.07) is 7.90. The summed E-state index contributed by atoms with van der Waals surface area (Å²) >= 11 is 2.25. The molecule has 0 bridgehead atoms. The molecule has 1 nitrogen and oxygen atoms in total. The topological polar surface area (TPSA) is 20.2 Å². The van der Waals surface area contributed by atoms with E-state index < -0.39 is 6.10 Å². The molecule has 13 heavy (non-hydrogen) atoms. The zero-order chi connectivity index (χ0) is 9.84. The van der Waals surface area contributed by atoms with Gasteiger partial charge in [0.2, 0.25) is 0 Å². The number of allylic oxidation sites excluding steroid dienone is 1. The lowest BCUT2D eigenvalue weighted by atomic mass is 10.1. The molecule has 1 unspecified atom stereocenters. The van der Waals surface area contributed by atoms with Crippen molar-refractivity contribution in [2.24, 2.45) is 0 Å². The van der Waals surface area contributed by atoms with Gasteiger partial charge < -0.3 is 5.11 Å². The molecule has 1 aromatic rings. The van der Waals surface area contributed by atoms with Gasteiger partial charge in [0, 0.05) is 3.57 Å². The van der Waals surface area contributed by atoms with E-state index in [1.807, 2.05) is 44.2 Å². The van der Waals surface area contributed by atoms with Gasteiger partial charge in [-0.05, 0) is 54.1 Å². The lowest BCUT2D eigenvalue weighted by Gasteiger charge is -2.06. The van der Waals surface area contributed by atoms with E-state index in [1.165, 1.54) is 3.57 Å². The van der Waals surface area contributed by atoms with Crippen molar-refractivity contribution in [2.45, 2.75) is 20.0 Å². The molecular weight excluding hydrogens is 275 g/mol. The van der Waals surface area contributed by atoms with Gasteiger partial charge in [-0.25, -0.2) is 0 Å². The Hall–Kier alpha value is -0.350. The molecule has 1 atom stereocenters. The third kappa shape index (κ3) is 3.48. The SMILES string of the molecule is CC(C)=CC(O)c1ccc(I)cc1. The van der Waals surface area contributed by atoms with Crippen LogP contribution in [0.25, 0.3) is 0 Å². The van der Waals surface area contributed by atoms with E-state index in [-0.39, 0.29) is 0 Å². The van der Waals surface area contributed by atoms with Crippen LogP contribution in [0.5, 0.6) is 0 Å². The van der Waals surface area contributed by atoms with Crippen molar-refractivity contribution >= 4 is 22.6 Å². The largest absolute Gasteiger partial charge is 0.384 e. The van der Waals surface area contributed by atoms with Crippen molar-refractivity contribution in [3.8, 4) is 0 Å². The average molecular weight is 288 g/mol. The highest BCUT2D eigenvalue weighted by Crippen LogP contribution is 2.17. The number of hydrogen-bond donors (Lipinski definition) is 1. The highest BCUT2D eigenvalue weighted by molar-refractivity contribution is 14.1. The van der Waals surface area contributed by atoms with Crippen molar-refractivity contribution in [3.63, 3.8) is 0 Å². The Kier molecular flexibility index (Phi) is 3.93. The molecule has 0 saturated carbocycles. The molecule has 0 aliphatic carbocycles. The quantitative estimate of drug-likeness (QED) is 0.654. The summed E-state index contributed by atoms with van der Waals surface area (Å²) in [6.07, 6.45) is 1.38. The first-order valence-electron chi connectivity index (χ1n) is 4.18. The van der Waals surface area contributed by atoms with Gasteiger partial charge in [0.05, 0.1) is 6.10 Å². The first kappa shape index (κ1) is 10.7. The molecule has 0 aliphatic rings. The van der Waals surface area contributed by atoms with Gasteiger partial charge in [-0.15, -0.1) is 0 Å². The Morgan fingerprint density at radius 1 is 1.31 bits per heavy atom. The summed E-state index contributed by atoms with van der Waals surface area (Å²) < 4.78 is 1.19. The van der Waals surface area contributed by atoms with Gasteiger partial charge in [0.15, 0.2) is 0 Å². The Bertz CT molecular complexity index is 296. The van der Waals surface area contributed by atoms with Gasteiger partial charge in [-0.1, -0.05) is 23.8 Å². The molecule has 2 heteroatoms. The molecule has 0 amide bonds. The van der Waals surface area contributed by atoms with E-state index in [2.05, 4.69) is 22.6 Å². The van der Waals surface area contributed by atoms with E-state index >= 15 is 0 Å². The number of aliphatic hydroxyl groups is 1. The summed E-state index contributed by atoms with van der Waals surface area (Å²) in [5.41, 5.74) is 2.08. The predicted octanol–water partition coefficient (Wildman–Crippen LogP) is 3.29. The molecule has 1 aromatic carbocycles. The fourth-order valence-electron chi connectivity index (χ4n) is 1.07. The number of hydrogen-bond acceptors (Lipinski definition) is 1. The molecule has 70 valence electrons. The number of halogens is 1. The van der Waals surface area contributed by atoms with Crippen molar-refractivity contribution in [2.75, 3.05) is 0 Å². The van der Waals surface area contributed by atoms with Crippen LogP contribution in [0.15, 0.2) is 35.9 Å². The summed E-state index contributed by atoms with van der Waals surface area (Å²) in [5, 5.41) is 9.70. The monoisotopic (exact) mass is 288 g/mol. The third-order valence-electron chi connectivity index (χ3n) is 1.70. The zero-order valence-corrected chi connectivity index (χ0v) is 9.95. The van der Waals surface area contributed by atoms with Crippen LogP contribution < -0.4 is 0 Å². The maximum absolute atomic E-state index is 9.70. The number of benzene rings is 1. The van der Waals surface area contributed by atoms with Crippen molar-refractivity contribution in [3.05, 3.63) is 45.0 Å². The van der Waals surface area contributed by atoms with Crippen molar-refractivity contribution < 1.29 is 5.11 Å². The Morgan fingerprint density at radius 3 is 2.31 bits per heavy atom. The molecule has 0 aliphatic heterocycles.